The van der Waals surface area contributed by atoms with Gasteiger partial charge < -0.3 is 56.2 Å². The third-order valence-corrected chi connectivity index (χ3v) is 22.3. The van der Waals surface area contributed by atoms with Crippen LogP contribution in [0.1, 0.15) is 267 Å². The number of phenols is 11. The highest BCUT2D eigenvalue weighted by Gasteiger charge is 2.23. The molecule has 4 fully saturated rings. The summed E-state index contributed by atoms with van der Waals surface area (Å²) in [5.41, 5.74) is 13.2. The summed E-state index contributed by atoms with van der Waals surface area (Å²) >= 11 is 0. The molecule has 4 aliphatic carbocycles. The van der Waals surface area contributed by atoms with E-state index >= 15 is 0 Å². The number of aryl methyl sites for hydroxylation is 9. The molecule has 0 radical (unpaired) electrons. The lowest BCUT2D eigenvalue weighted by Crippen LogP contribution is -2.16. The fourth-order valence-electron chi connectivity index (χ4n) is 13.7. The topological polar surface area (TPSA) is 223 Å². The maximum absolute atomic E-state index is 9.93. The fourth-order valence-corrected chi connectivity index (χ4v) is 13.7. The summed E-state index contributed by atoms with van der Waals surface area (Å²) < 4.78 is 0. The van der Waals surface area contributed by atoms with E-state index in [4.69, 9.17) is 51.1 Å². The molecular formula is C101H156O11. The molecular weight excluding hydrogens is 1390 g/mol. The van der Waals surface area contributed by atoms with Crippen molar-refractivity contribution < 1.29 is 56.2 Å². The Hall–Kier alpha value is -8.44. The van der Waals surface area contributed by atoms with Crippen LogP contribution in [0.25, 0.3) is 0 Å². The standard InChI is InChI=1S/C17H20O.4C10H20.4C7H8O2.2C7H8O.2CH4/c1-11-5-6-17(18)16(8-11)10-15-9-12(2)7-13(3)14(15)4;4*1-8(2)10-6-4-9(3)5-7-10;2*1-5-2-3-6(8)4-7(5)9;2*1-5-2-3-6(8)7(9)4-5;2*1-6-2-4-7(8)5-3-6;;/h5-9,18H,10H2,1-4H3;4*8-10H,4-7H2,1-3H3;4*2-4,8-9H,1H3;2*2-5,8H,1H3;2*1H4. The molecule has 0 bridgehead atoms. The van der Waals surface area contributed by atoms with Crippen LogP contribution >= 0.6 is 0 Å². The van der Waals surface area contributed by atoms with Crippen molar-refractivity contribution in [3.8, 4) is 63.2 Å². The molecule has 0 amide bonds. The van der Waals surface area contributed by atoms with Crippen molar-refractivity contribution in [2.45, 2.75) is 276 Å². The van der Waals surface area contributed by atoms with Gasteiger partial charge in [-0.2, -0.15) is 0 Å². The van der Waals surface area contributed by atoms with Gasteiger partial charge in [0.25, 0.3) is 0 Å². The molecule has 0 spiro atoms. The summed E-state index contributed by atoms with van der Waals surface area (Å²) in [7, 11) is 0. The molecule has 11 N–H and O–H groups in total. The van der Waals surface area contributed by atoms with Crippen LogP contribution in [0.4, 0.5) is 0 Å². The third kappa shape index (κ3) is 44.1. The van der Waals surface area contributed by atoms with Gasteiger partial charge in [-0.05, 0) is 303 Å². The lowest BCUT2D eigenvalue weighted by Gasteiger charge is -2.28. The Morgan fingerprint density at radius 3 is 0.723 bits per heavy atom. The molecule has 4 saturated carbocycles. The molecule has 12 rings (SSSR count). The zero-order valence-electron chi connectivity index (χ0n) is 71.8. The second-order valence-electron chi connectivity index (χ2n) is 33.8. The third-order valence-electron chi connectivity index (χ3n) is 22.3. The SMILES string of the molecule is C.C.CC1CCC(C(C)C)CC1.CC1CCC(C(C)C)CC1.CC1CCC(C(C)C)CC1.CC1CCC(C(C)C)CC1.Cc1ccc(O)c(Cc2cc(C)cc(C)c2C)c1.Cc1ccc(O)c(O)c1.Cc1ccc(O)c(O)c1.Cc1ccc(O)cc1.Cc1ccc(O)cc1.Cc1ccc(O)cc1O.Cc1ccc(O)cc1O. The number of hydrogen-bond donors (Lipinski definition) is 11. The van der Waals surface area contributed by atoms with Gasteiger partial charge in [0.2, 0.25) is 0 Å². The normalized spacial score (nSPS) is 18.5. The Bertz CT molecular complexity index is 3390. The fraction of sp³-hybridized carbons (Fsp3) is 0.525. The molecule has 0 aromatic heterocycles. The molecule has 626 valence electrons. The van der Waals surface area contributed by atoms with Gasteiger partial charge in [-0.1, -0.05) is 244 Å². The number of benzene rings is 8. The van der Waals surface area contributed by atoms with Crippen molar-refractivity contribution in [1.82, 2.24) is 0 Å². The van der Waals surface area contributed by atoms with Crippen LogP contribution in [0, 0.1) is 140 Å². The summed E-state index contributed by atoms with van der Waals surface area (Å²) in [6, 6.07) is 42.8. The minimum Gasteiger partial charge on any atom is -0.508 e. The van der Waals surface area contributed by atoms with E-state index in [0.717, 1.165) is 105 Å². The van der Waals surface area contributed by atoms with Gasteiger partial charge in [-0.25, -0.2) is 0 Å². The van der Waals surface area contributed by atoms with Crippen molar-refractivity contribution >= 4 is 0 Å². The lowest BCUT2D eigenvalue weighted by molar-refractivity contribution is 0.234. The smallest absolute Gasteiger partial charge is 0.157 e. The quantitative estimate of drug-likeness (QED) is 0.0703. The Labute approximate surface area is 681 Å². The first-order valence-corrected chi connectivity index (χ1v) is 40.9. The van der Waals surface area contributed by atoms with Crippen molar-refractivity contribution in [3.63, 3.8) is 0 Å². The van der Waals surface area contributed by atoms with Gasteiger partial charge in [-0.15, -0.1) is 0 Å². The first-order chi connectivity index (χ1) is 51.6. The molecule has 0 unspecified atom stereocenters. The van der Waals surface area contributed by atoms with E-state index in [1.165, 1.54) is 190 Å². The number of phenolic OH excluding ortho intramolecular Hbond substituents is 11. The Balaban J connectivity index is 0.00000122. The van der Waals surface area contributed by atoms with Gasteiger partial charge in [0.15, 0.2) is 23.0 Å². The van der Waals surface area contributed by atoms with Gasteiger partial charge in [0.1, 0.15) is 40.2 Å². The van der Waals surface area contributed by atoms with Crippen LogP contribution in [-0.4, -0.2) is 56.2 Å². The Kier molecular flexibility index (Phi) is 50.9. The van der Waals surface area contributed by atoms with Gasteiger partial charge >= 0.3 is 0 Å². The summed E-state index contributed by atoms with van der Waals surface area (Å²) in [6.07, 6.45) is 24.5. The van der Waals surface area contributed by atoms with Crippen LogP contribution in [0.3, 0.4) is 0 Å². The van der Waals surface area contributed by atoms with E-state index in [1.807, 2.05) is 58.0 Å². The molecule has 11 heteroatoms. The van der Waals surface area contributed by atoms with E-state index < -0.39 is 0 Å². The molecule has 0 saturated heterocycles. The minimum atomic E-state index is -0.0689. The van der Waals surface area contributed by atoms with E-state index in [1.54, 1.807) is 68.4 Å². The molecule has 112 heavy (non-hydrogen) atoms. The number of aromatic hydroxyl groups is 11. The average molecular weight is 1550 g/mol. The molecule has 8 aromatic carbocycles. The van der Waals surface area contributed by atoms with Gasteiger partial charge in [-0.3, -0.25) is 0 Å². The van der Waals surface area contributed by atoms with Crippen LogP contribution in [0.2, 0.25) is 0 Å². The van der Waals surface area contributed by atoms with Gasteiger partial charge in [0.05, 0.1) is 0 Å². The highest BCUT2D eigenvalue weighted by Crippen LogP contribution is 2.37. The highest BCUT2D eigenvalue weighted by molar-refractivity contribution is 5.45. The molecule has 0 atom stereocenters. The molecule has 8 aromatic rings. The second-order valence-corrected chi connectivity index (χ2v) is 33.8. The maximum atomic E-state index is 9.93. The van der Waals surface area contributed by atoms with E-state index in [9.17, 15) is 5.11 Å². The number of rotatable bonds is 6. The summed E-state index contributed by atoms with van der Waals surface area (Å²) in [5, 5.41) is 98.2. The second kappa shape index (κ2) is 55.1. The van der Waals surface area contributed by atoms with E-state index in [2.05, 4.69) is 129 Å². The number of hydrogen-bond acceptors (Lipinski definition) is 11. The summed E-state index contributed by atoms with van der Waals surface area (Å²) in [4.78, 5) is 0. The zero-order chi connectivity index (χ0) is 82.9. The molecule has 0 aliphatic heterocycles. The van der Waals surface area contributed by atoms with Crippen LogP contribution in [-0.2, 0) is 6.42 Å². The predicted molar refractivity (Wildman–Crippen MR) is 477 cm³/mol. The maximum Gasteiger partial charge on any atom is 0.157 e. The Morgan fingerprint density at radius 1 is 0.232 bits per heavy atom. The van der Waals surface area contributed by atoms with Gasteiger partial charge in [0, 0.05) is 18.6 Å². The van der Waals surface area contributed by atoms with E-state index in [0.29, 0.717) is 17.2 Å². The summed E-state index contributed by atoms with van der Waals surface area (Å²) in [5.74, 6) is 13.1. The summed E-state index contributed by atoms with van der Waals surface area (Å²) in [6.45, 7) is 48.1. The van der Waals surface area contributed by atoms with Crippen LogP contribution in [0.15, 0.2) is 152 Å². The largest absolute Gasteiger partial charge is 0.508 e. The first kappa shape index (κ1) is 104. The lowest BCUT2D eigenvalue weighted by atomic mass is 9.78. The predicted octanol–water partition coefficient (Wildman–Crippen LogP) is 28.4. The van der Waals surface area contributed by atoms with Crippen LogP contribution in [0.5, 0.6) is 63.2 Å². The average Bonchev–Trinajstić information content (AvgIpc) is 0.826. The van der Waals surface area contributed by atoms with Crippen molar-refractivity contribution in [3.05, 3.63) is 218 Å². The van der Waals surface area contributed by atoms with Crippen molar-refractivity contribution in [1.29, 1.82) is 0 Å². The molecule has 0 heterocycles. The van der Waals surface area contributed by atoms with Crippen molar-refractivity contribution in [2.75, 3.05) is 0 Å². The van der Waals surface area contributed by atoms with E-state index in [-0.39, 0.29) is 60.8 Å². The molecule has 4 aliphatic rings. The van der Waals surface area contributed by atoms with Crippen molar-refractivity contribution in [2.24, 2.45) is 71.0 Å². The monoisotopic (exact) mass is 1550 g/mol. The zero-order valence-corrected chi connectivity index (χ0v) is 71.8. The molecule has 11 nitrogen and oxygen atoms in total. The van der Waals surface area contributed by atoms with Crippen LogP contribution < -0.4 is 0 Å². The first-order valence-electron chi connectivity index (χ1n) is 40.9. The minimum absolute atomic E-state index is 0. The Morgan fingerprint density at radius 2 is 0.482 bits per heavy atom. The highest BCUT2D eigenvalue weighted by atomic mass is 16.3.